The van der Waals surface area contributed by atoms with E-state index in [0.717, 1.165) is 0 Å². The number of hydrogen-bond donors (Lipinski definition) is 1. The monoisotopic (exact) mass is 343 g/mol. The van der Waals surface area contributed by atoms with Crippen LogP contribution in [0.5, 0.6) is 5.75 Å². The normalized spacial score (nSPS) is 10.8. The summed E-state index contributed by atoms with van der Waals surface area (Å²) in [5.41, 5.74) is 1.48. The predicted octanol–water partition coefficient (Wildman–Crippen LogP) is 3.62. The Morgan fingerprint density at radius 3 is 2.62 bits per heavy atom. The van der Waals surface area contributed by atoms with Gasteiger partial charge in [0, 0.05) is 17.6 Å². The van der Waals surface area contributed by atoms with E-state index in [-0.39, 0.29) is 12.3 Å². The summed E-state index contributed by atoms with van der Waals surface area (Å²) in [6.45, 7) is 0. The molecule has 0 aliphatic carbocycles. The van der Waals surface area contributed by atoms with Gasteiger partial charge < -0.3 is 9.84 Å². The van der Waals surface area contributed by atoms with Gasteiger partial charge in [0.1, 0.15) is 5.75 Å². The molecule has 122 valence electrons. The summed E-state index contributed by atoms with van der Waals surface area (Å²) in [6.07, 6.45) is 1.37. The van der Waals surface area contributed by atoms with Crippen molar-refractivity contribution in [3.63, 3.8) is 0 Å². The quantitative estimate of drug-likeness (QED) is 0.785. The van der Waals surface area contributed by atoms with Crippen LogP contribution in [0.1, 0.15) is 15.9 Å². The first kappa shape index (κ1) is 16.1. The third-order valence-corrected chi connectivity index (χ3v) is 4.09. The number of nitrogens with zero attached hydrogens (tertiary/aromatic N) is 1. The summed E-state index contributed by atoms with van der Waals surface area (Å²) in [5, 5.41) is 10.1. The Balaban J connectivity index is 2.21. The Kier molecular flexibility index (Phi) is 4.27. The van der Waals surface area contributed by atoms with Gasteiger partial charge in [-0.05, 0) is 29.8 Å². The van der Waals surface area contributed by atoms with Gasteiger partial charge in [-0.2, -0.15) is 0 Å². The van der Waals surface area contributed by atoms with E-state index >= 15 is 0 Å². The molecule has 0 atom stereocenters. The Morgan fingerprint density at radius 1 is 1.21 bits per heavy atom. The summed E-state index contributed by atoms with van der Waals surface area (Å²) >= 11 is 6.12. The van der Waals surface area contributed by atoms with Gasteiger partial charge in [0.25, 0.3) is 5.91 Å². The van der Waals surface area contributed by atoms with Crippen LogP contribution in [0.25, 0.3) is 10.9 Å². The summed E-state index contributed by atoms with van der Waals surface area (Å²) in [5.74, 6) is -0.707. The van der Waals surface area contributed by atoms with Crippen molar-refractivity contribution in [2.75, 3.05) is 7.11 Å². The maximum Gasteiger partial charge on any atom is 0.307 e. The van der Waals surface area contributed by atoms with Crippen LogP contribution in [0.3, 0.4) is 0 Å². The van der Waals surface area contributed by atoms with Crippen LogP contribution >= 0.6 is 11.6 Å². The van der Waals surface area contributed by atoms with Crippen LogP contribution < -0.4 is 4.74 Å². The molecular formula is C18H14ClNO4. The lowest BCUT2D eigenvalue weighted by molar-refractivity contribution is -0.136. The Labute approximate surface area is 143 Å². The molecule has 0 aliphatic rings. The molecule has 0 saturated heterocycles. The molecule has 0 fully saturated rings. The summed E-state index contributed by atoms with van der Waals surface area (Å²) in [6, 6.07) is 11.9. The van der Waals surface area contributed by atoms with Crippen molar-refractivity contribution < 1.29 is 19.4 Å². The van der Waals surface area contributed by atoms with E-state index in [4.69, 9.17) is 21.4 Å². The van der Waals surface area contributed by atoms with Crippen molar-refractivity contribution in [2.45, 2.75) is 6.42 Å². The zero-order valence-electron chi connectivity index (χ0n) is 12.8. The van der Waals surface area contributed by atoms with E-state index in [1.807, 2.05) is 0 Å². The van der Waals surface area contributed by atoms with Crippen LogP contribution in [0, 0.1) is 0 Å². The van der Waals surface area contributed by atoms with Gasteiger partial charge in [-0.25, -0.2) is 0 Å². The highest BCUT2D eigenvalue weighted by molar-refractivity contribution is 6.34. The van der Waals surface area contributed by atoms with E-state index < -0.39 is 5.97 Å². The lowest BCUT2D eigenvalue weighted by atomic mass is 10.1. The summed E-state index contributed by atoms with van der Waals surface area (Å²) in [7, 11) is 1.53. The zero-order valence-corrected chi connectivity index (χ0v) is 13.6. The van der Waals surface area contributed by atoms with E-state index in [1.54, 1.807) is 48.7 Å². The molecule has 1 N–H and O–H groups in total. The molecule has 1 aromatic heterocycles. The Hall–Kier alpha value is -2.79. The van der Waals surface area contributed by atoms with Crippen LogP contribution in [-0.2, 0) is 11.2 Å². The first-order chi connectivity index (χ1) is 11.5. The molecule has 0 bridgehead atoms. The molecule has 6 heteroatoms. The second kappa shape index (κ2) is 6.37. The van der Waals surface area contributed by atoms with Gasteiger partial charge in [-0.3, -0.25) is 14.2 Å². The Bertz CT molecular complexity index is 945. The maximum absolute atomic E-state index is 12.9. The van der Waals surface area contributed by atoms with Crippen LogP contribution in [0.15, 0.2) is 48.7 Å². The van der Waals surface area contributed by atoms with E-state index in [1.165, 1.54) is 11.7 Å². The van der Waals surface area contributed by atoms with Gasteiger partial charge in [-0.15, -0.1) is 0 Å². The molecule has 2 aromatic carbocycles. The number of hydrogen-bond acceptors (Lipinski definition) is 3. The number of aliphatic carboxylic acids is 1. The molecule has 3 aromatic rings. The fraction of sp³-hybridized carbons (Fsp3) is 0.111. The van der Waals surface area contributed by atoms with Crippen LogP contribution in [-0.4, -0.2) is 28.7 Å². The van der Waals surface area contributed by atoms with Gasteiger partial charge in [0.15, 0.2) is 0 Å². The first-order valence-corrected chi connectivity index (χ1v) is 7.58. The molecule has 5 nitrogen and oxygen atoms in total. The third kappa shape index (κ3) is 2.86. The molecular weight excluding hydrogens is 330 g/mol. The molecule has 0 radical (unpaired) electrons. The minimum atomic E-state index is -0.963. The van der Waals surface area contributed by atoms with Gasteiger partial charge in [-0.1, -0.05) is 23.7 Å². The van der Waals surface area contributed by atoms with Crippen LogP contribution in [0.4, 0.5) is 0 Å². The lowest BCUT2D eigenvalue weighted by Gasteiger charge is -2.07. The number of aromatic nitrogens is 1. The van der Waals surface area contributed by atoms with Crippen molar-refractivity contribution in [3.8, 4) is 5.75 Å². The number of ether oxygens (including phenoxy) is 1. The number of halogens is 1. The van der Waals surface area contributed by atoms with Crippen molar-refractivity contribution in [2.24, 2.45) is 0 Å². The number of fused-ring (bicyclic) bond motifs is 1. The number of carbonyl (C=O) groups excluding carboxylic acids is 1. The third-order valence-electron chi connectivity index (χ3n) is 3.76. The molecule has 0 saturated carbocycles. The van der Waals surface area contributed by atoms with Crippen molar-refractivity contribution in [1.29, 1.82) is 0 Å². The van der Waals surface area contributed by atoms with Gasteiger partial charge in [0.2, 0.25) is 0 Å². The number of carbonyl (C=O) groups is 2. The topological polar surface area (TPSA) is 68.5 Å². The second-order valence-corrected chi connectivity index (χ2v) is 5.67. The average molecular weight is 344 g/mol. The number of carboxylic acids is 1. The standard InChI is InChI=1S/C18H14ClNO4/c1-24-12-6-7-13-11(8-17(21)22)10-20(16(13)9-12)18(23)14-4-2-3-5-15(14)19/h2-7,9-10H,8H2,1H3,(H,21,22). The first-order valence-electron chi connectivity index (χ1n) is 7.20. The van der Waals surface area contributed by atoms with Crippen molar-refractivity contribution >= 4 is 34.4 Å². The van der Waals surface area contributed by atoms with E-state index in [2.05, 4.69) is 0 Å². The largest absolute Gasteiger partial charge is 0.497 e. The minimum Gasteiger partial charge on any atom is -0.497 e. The van der Waals surface area contributed by atoms with Crippen molar-refractivity contribution in [1.82, 2.24) is 4.57 Å². The smallest absolute Gasteiger partial charge is 0.307 e. The molecule has 24 heavy (non-hydrogen) atoms. The number of methoxy groups -OCH3 is 1. The minimum absolute atomic E-state index is 0.175. The number of carboxylic acid groups (broad SMARTS) is 1. The highest BCUT2D eigenvalue weighted by atomic mass is 35.5. The number of rotatable bonds is 4. The maximum atomic E-state index is 12.9. The van der Waals surface area contributed by atoms with Gasteiger partial charge in [0.05, 0.1) is 29.6 Å². The van der Waals surface area contributed by atoms with E-state index in [9.17, 15) is 9.59 Å². The lowest BCUT2D eigenvalue weighted by Crippen LogP contribution is -2.11. The second-order valence-electron chi connectivity index (χ2n) is 5.26. The average Bonchev–Trinajstić information content (AvgIpc) is 2.91. The fourth-order valence-electron chi connectivity index (χ4n) is 2.64. The summed E-state index contributed by atoms with van der Waals surface area (Å²) in [4.78, 5) is 24.0. The molecule has 0 spiro atoms. The SMILES string of the molecule is COc1ccc2c(CC(=O)O)cn(C(=O)c3ccccc3Cl)c2c1. The molecule has 3 rings (SSSR count). The summed E-state index contributed by atoms with van der Waals surface area (Å²) < 4.78 is 6.62. The fourth-order valence-corrected chi connectivity index (χ4v) is 2.86. The van der Waals surface area contributed by atoms with Crippen molar-refractivity contribution in [3.05, 3.63) is 64.8 Å². The van der Waals surface area contributed by atoms with E-state index in [0.29, 0.717) is 32.8 Å². The highest BCUT2D eigenvalue weighted by Crippen LogP contribution is 2.28. The highest BCUT2D eigenvalue weighted by Gasteiger charge is 2.19. The molecule has 0 aliphatic heterocycles. The molecule has 0 amide bonds. The zero-order chi connectivity index (χ0) is 17.3. The van der Waals surface area contributed by atoms with Crippen LogP contribution in [0.2, 0.25) is 5.02 Å². The molecule has 1 heterocycles. The van der Waals surface area contributed by atoms with Gasteiger partial charge >= 0.3 is 5.97 Å². The number of benzene rings is 2. The molecule has 0 unspecified atom stereocenters. The Morgan fingerprint density at radius 2 is 1.96 bits per heavy atom. The predicted molar refractivity (Wildman–Crippen MR) is 91.0 cm³/mol.